The van der Waals surface area contributed by atoms with Crippen LogP contribution in [0.2, 0.25) is 0 Å². The average Bonchev–Trinajstić information content (AvgIpc) is 2.25. The Labute approximate surface area is 95.4 Å². The van der Waals surface area contributed by atoms with E-state index in [0.29, 0.717) is 11.3 Å². The lowest BCUT2D eigenvalue weighted by Gasteiger charge is -2.27. The summed E-state index contributed by atoms with van der Waals surface area (Å²) in [5.41, 5.74) is 12.6. The SMILES string of the molecule is Nc1ccc(SC2CCCCC2N)cc1. The molecule has 1 aromatic rings. The minimum atomic E-state index is 0.362. The molecule has 1 aromatic carbocycles. The fourth-order valence-corrected chi connectivity index (χ4v) is 3.23. The summed E-state index contributed by atoms with van der Waals surface area (Å²) in [5, 5.41) is 0.586. The van der Waals surface area contributed by atoms with Gasteiger partial charge in [-0.25, -0.2) is 0 Å². The third kappa shape index (κ3) is 2.89. The maximum absolute atomic E-state index is 6.11. The van der Waals surface area contributed by atoms with Crippen molar-refractivity contribution in [2.75, 3.05) is 5.73 Å². The number of nitrogen functional groups attached to an aromatic ring is 1. The van der Waals surface area contributed by atoms with E-state index < -0.39 is 0 Å². The summed E-state index contributed by atoms with van der Waals surface area (Å²) in [6, 6.07) is 8.44. The molecule has 1 aliphatic rings. The van der Waals surface area contributed by atoms with Gasteiger partial charge in [-0.1, -0.05) is 12.8 Å². The molecule has 0 heterocycles. The van der Waals surface area contributed by atoms with E-state index in [9.17, 15) is 0 Å². The van der Waals surface area contributed by atoms with E-state index in [-0.39, 0.29) is 0 Å². The van der Waals surface area contributed by atoms with Crippen LogP contribution in [0.3, 0.4) is 0 Å². The van der Waals surface area contributed by atoms with Crippen molar-refractivity contribution in [2.24, 2.45) is 5.73 Å². The third-order valence-corrected chi connectivity index (χ3v) is 4.35. The van der Waals surface area contributed by atoms with Crippen LogP contribution in [0.1, 0.15) is 25.7 Å². The van der Waals surface area contributed by atoms with Crippen molar-refractivity contribution in [3.63, 3.8) is 0 Å². The summed E-state index contributed by atoms with van der Waals surface area (Å²) in [5.74, 6) is 0. The molecule has 1 fully saturated rings. The molecule has 2 unspecified atom stereocenters. The fraction of sp³-hybridized carbons (Fsp3) is 0.500. The molecule has 0 saturated heterocycles. The number of hydrogen-bond acceptors (Lipinski definition) is 3. The highest BCUT2D eigenvalue weighted by molar-refractivity contribution is 8.00. The first kappa shape index (κ1) is 10.8. The summed E-state index contributed by atoms with van der Waals surface area (Å²) >= 11 is 1.90. The lowest BCUT2D eigenvalue weighted by Crippen LogP contribution is -2.35. The van der Waals surface area contributed by atoms with E-state index >= 15 is 0 Å². The van der Waals surface area contributed by atoms with Gasteiger partial charge in [0.1, 0.15) is 0 Å². The van der Waals surface area contributed by atoms with Crippen molar-refractivity contribution in [1.29, 1.82) is 0 Å². The first-order chi connectivity index (χ1) is 7.25. The monoisotopic (exact) mass is 222 g/mol. The highest BCUT2D eigenvalue weighted by Crippen LogP contribution is 2.33. The van der Waals surface area contributed by atoms with Crippen LogP contribution in [0.4, 0.5) is 5.69 Å². The molecule has 0 amide bonds. The Morgan fingerprint density at radius 1 is 1.07 bits per heavy atom. The predicted octanol–water partition coefficient (Wildman–Crippen LogP) is 2.63. The lowest BCUT2D eigenvalue weighted by molar-refractivity contribution is 0.453. The Bertz CT molecular complexity index is 310. The zero-order chi connectivity index (χ0) is 10.7. The van der Waals surface area contributed by atoms with Crippen molar-refractivity contribution in [3.05, 3.63) is 24.3 Å². The van der Waals surface area contributed by atoms with Crippen molar-refractivity contribution in [3.8, 4) is 0 Å². The van der Waals surface area contributed by atoms with Crippen LogP contribution in [-0.2, 0) is 0 Å². The number of rotatable bonds is 2. The molecule has 15 heavy (non-hydrogen) atoms. The van der Waals surface area contributed by atoms with Crippen LogP contribution in [-0.4, -0.2) is 11.3 Å². The summed E-state index contributed by atoms with van der Waals surface area (Å²) in [6.07, 6.45) is 5.03. The van der Waals surface area contributed by atoms with Gasteiger partial charge in [0, 0.05) is 21.9 Å². The molecule has 2 atom stereocenters. The molecule has 3 heteroatoms. The maximum atomic E-state index is 6.11. The molecular weight excluding hydrogens is 204 g/mol. The van der Waals surface area contributed by atoms with Gasteiger partial charge in [-0.15, -0.1) is 11.8 Å². The molecule has 0 aliphatic heterocycles. The Morgan fingerprint density at radius 2 is 1.73 bits per heavy atom. The van der Waals surface area contributed by atoms with Crippen molar-refractivity contribution >= 4 is 17.4 Å². The Kier molecular flexibility index (Phi) is 3.54. The maximum Gasteiger partial charge on any atom is 0.0314 e. The molecule has 1 saturated carbocycles. The quantitative estimate of drug-likeness (QED) is 0.756. The predicted molar refractivity (Wildman–Crippen MR) is 66.9 cm³/mol. The largest absolute Gasteiger partial charge is 0.399 e. The molecule has 0 aromatic heterocycles. The topological polar surface area (TPSA) is 52.0 Å². The number of hydrogen-bond donors (Lipinski definition) is 2. The Morgan fingerprint density at radius 3 is 2.40 bits per heavy atom. The summed E-state index contributed by atoms with van der Waals surface area (Å²) in [7, 11) is 0. The minimum absolute atomic E-state index is 0.362. The van der Waals surface area contributed by atoms with E-state index in [1.165, 1.54) is 30.6 Å². The average molecular weight is 222 g/mol. The van der Waals surface area contributed by atoms with Crippen LogP contribution in [0.25, 0.3) is 0 Å². The smallest absolute Gasteiger partial charge is 0.0314 e. The second-order valence-corrected chi connectivity index (χ2v) is 5.49. The van der Waals surface area contributed by atoms with Gasteiger partial charge in [-0.2, -0.15) is 0 Å². The van der Waals surface area contributed by atoms with E-state index in [1.807, 2.05) is 23.9 Å². The molecule has 82 valence electrons. The molecule has 0 radical (unpaired) electrons. The van der Waals surface area contributed by atoms with Crippen LogP contribution < -0.4 is 11.5 Å². The van der Waals surface area contributed by atoms with Gasteiger partial charge in [0.25, 0.3) is 0 Å². The Balaban J connectivity index is 1.98. The van der Waals surface area contributed by atoms with E-state index in [4.69, 9.17) is 11.5 Å². The first-order valence-corrected chi connectivity index (χ1v) is 6.41. The van der Waals surface area contributed by atoms with Crippen LogP contribution in [0.15, 0.2) is 29.2 Å². The molecule has 0 spiro atoms. The fourth-order valence-electron chi connectivity index (χ4n) is 1.99. The second kappa shape index (κ2) is 4.90. The summed E-state index contributed by atoms with van der Waals surface area (Å²) < 4.78 is 0. The highest BCUT2D eigenvalue weighted by Gasteiger charge is 2.22. The standard InChI is InChI=1S/C12H18N2S/c13-9-5-7-10(8-6-9)15-12-4-2-1-3-11(12)14/h5-8,11-12H,1-4,13-14H2. The van der Waals surface area contributed by atoms with Crippen LogP contribution >= 0.6 is 11.8 Å². The number of anilines is 1. The minimum Gasteiger partial charge on any atom is -0.399 e. The van der Waals surface area contributed by atoms with Gasteiger partial charge in [0.05, 0.1) is 0 Å². The molecule has 1 aliphatic carbocycles. The van der Waals surface area contributed by atoms with Crippen molar-refractivity contribution < 1.29 is 0 Å². The molecule has 0 bridgehead atoms. The third-order valence-electron chi connectivity index (χ3n) is 2.92. The van der Waals surface area contributed by atoms with Gasteiger partial charge in [-0.3, -0.25) is 0 Å². The molecule has 2 nitrogen and oxygen atoms in total. The summed E-state index contributed by atoms with van der Waals surface area (Å²) in [4.78, 5) is 1.28. The van der Waals surface area contributed by atoms with Gasteiger partial charge in [-0.05, 0) is 37.1 Å². The molecular formula is C12H18N2S. The first-order valence-electron chi connectivity index (χ1n) is 5.53. The van der Waals surface area contributed by atoms with E-state index in [2.05, 4.69) is 12.1 Å². The van der Waals surface area contributed by atoms with Gasteiger partial charge in [0.2, 0.25) is 0 Å². The molecule has 2 rings (SSSR count). The summed E-state index contributed by atoms with van der Waals surface area (Å²) in [6.45, 7) is 0. The van der Waals surface area contributed by atoms with E-state index in [0.717, 1.165) is 5.69 Å². The van der Waals surface area contributed by atoms with Gasteiger partial charge >= 0.3 is 0 Å². The second-order valence-electron chi connectivity index (χ2n) is 4.17. The number of benzene rings is 1. The normalized spacial score (nSPS) is 26.5. The molecule has 4 N–H and O–H groups in total. The highest BCUT2D eigenvalue weighted by atomic mass is 32.2. The van der Waals surface area contributed by atoms with Crippen LogP contribution in [0, 0.1) is 0 Å². The zero-order valence-electron chi connectivity index (χ0n) is 8.86. The van der Waals surface area contributed by atoms with E-state index in [1.54, 1.807) is 0 Å². The van der Waals surface area contributed by atoms with Crippen molar-refractivity contribution in [1.82, 2.24) is 0 Å². The van der Waals surface area contributed by atoms with Crippen molar-refractivity contribution in [2.45, 2.75) is 41.9 Å². The van der Waals surface area contributed by atoms with Gasteiger partial charge < -0.3 is 11.5 Å². The van der Waals surface area contributed by atoms with Gasteiger partial charge in [0.15, 0.2) is 0 Å². The Hall–Kier alpha value is -0.670. The van der Waals surface area contributed by atoms with Crippen LogP contribution in [0.5, 0.6) is 0 Å². The lowest BCUT2D eigenvalue weighted by atomic mass is 9.96. The number of thioether (sulfide) groups is 1. The number of nitrogens with two attached hydrogens (primary N) is 2. The zero-order valence-corrected chi connectivity index (χ0v) is 9.67.